The first-order chi connectivity index (χ1) is 7.17. The van der Waals surface area contributed by atoms with Crippen molar-refractivity contribution in [2.24, 2.45) is 5.73 Å². The highest BCUT2D eigenvalue weighted by Gasteiger charge is 2.26. The molecule has 0 heterocycles. The molecule has 0 aliphatic heterocycles. The summed E-state index contributed by atoms with van der Waals surface area (Å²) in [5.41, 5.74) is 5.55. The Hall–Kier alpha value is -0.130. The molecule has 0 atom stereocenters. The first kappa shape index (κ1) is 15.9. The number of nitrogens with two attached hydrogens (primary N) is 1. The van der Waals surface area contributed by atoms with Crippen molar-refractivity contribution in [1.82, 2.24) is 4.90 Å². The van der Waals surface area contributed by atoms with Crippen LogP contribution in [-0.2, 0) is 9.84 Å². The predicted molar refractivity (Wildman–Crippen MR) is 69.3 cm³/mol. The van der Waals surface area contributed by atoms with E-state index in [9.17, 15) is 8.42 Å². The van der Waals surface area contributed by atoms with Gasteiger partial charge in [0.2, 0.25) is 0 Å². The maximum atomic E-state index is 11.7. The van der Waals surface area contributed by atoms with Crippen LogP contribution < -0.4 is 5.73 Å². The van der Waals surface area contributed by atoms with Crippen molar-refractivity contribution >= 4 is 9.84 Å². The van der Waals surface area contributed by atoms with E-state index in [4.69, 9.17) is 5.73 Å². The molecule has 0 saturated heterocycles. The van der Waals surface area contributed by atoms with Gasteiger partial charge in [-0.15, -0.1) is 0 Å². The second-order valence-corrected chi connectivity index (χ2v) is 7.69. The lowest BCUT2D eigenvalue weighted by molar-refractivity contribution is 0.143. The maximum Gasteiger partial charge on any atom is 0.153 e. The largest absolute Gasteiger partial charge is 0.329 e. The van der Waals surface area contributed by atoms with Crippen LogP contribution in [0.1, 0.15) is 34.6 Å². The fourth-order valence-corrected chi connectivity index (χ4v) is 2.44. The molecule has 0 saturated carbocycles. The van der Waals surface area contributed by atoms with Gasteiger partial charge in [0, 0.05) is 18.6 Å². The predicted octanol–water partition coefficient (Wildman–Crippen LogP) is 0.869. The summed E-state index contributed by atoms with van der Waals surface area (Å²) in [6.45, 7) is 11.5. The Morgan fingerprint density at radius 2 is 1.81 bits per heavy atom. The normalized spacial score (nSPS) is 13.8. The summed E-state index contributed by atoms with van der Waals surface area (Å²) in [7, 11) is -2.95. The topological polar surface area (TPSA) is 63.4 Å². The lowest BCUT2D eigenvalue weighted by Gasteiger charge is -2.37. The minimum atomic E-state index is -2.95. The van der Waals surface area contributed by atoms with Crippen LogP contribution in [0.3, 0.4) is 0 Å². The van der Waals surface area contributed by atoms with Crippen LogP contribution in [0.15, 0.2) is 0 Å². The van der Waals surface area contributed by atoms with E-state index in [0.717, 1.165) is 6.54 Å². The molecule has 0 rings (SSSR count). The van der Waals surface area contributed by atoms with Crippen LogP contribution in [0.2, 0.25) is 0 Å². The molecule has 0 aromatic carbocycles. The molecule has 0 unspecified atom stereocenters. The SMILES string of the molecule is CCN(CCS(=O)(=O)C(C)C)C(C)(C)CN. The number of nitrogens with zero attached hydrogens (tertiary/aromatic N) is 1. The third-order valence-electron chi connectivity index (χ3n) is 3.10. The molecule has 2 N–H and O–H groups in total. The Morgan fingerprint density at radius 1 is 1.31 bits per heavy atom. The molecule has 5 heteroatoms. The molecule has 0 amide bonds. The Kier molecular flexibility index (Phi) is 5.93. The third kappa shape index (κ3) is 4.39. The third-order valence-corrected chi connectivity index (χ3v) is 5.29. The van der Waals surface area contributed by atoms with Gasteiger partial charge in [0.25, 0.3) is 0 Å². The number of hydrogen-bond donors (Lipinski definition) is 1. The van der Waals surface area contributed by atoms with Crippen molar-refractivity contribution < 1.29 is 8.42 Å². The van der Waals surface area contributed by atoms with Crippen molar-refractivity contribution in [3.63, 3.8) is 0 Å². The fourth-order valence-electron chi connectivity index (χ4n) is 1.49. The molecule has 0 bridgehead atoms. The first-order valence-corrected chi connectivity index (χ1v) is 7.55. The lowest BCUT2D eigenvalue weighted by atomic mass is 10.0. The van der Waals surface area contributed by atoms with E-state index in [1.54, 1.807) is 13.8 Å². The van der Waals surface area contributed by atoms with E-state index in [-0.39, 0.29) is 16.5 Å². The van der Waals surface area contributed by atoms with Crippen LogP contribution in [0.4, 0.5) is 0 Å². The van der Waals surface area contributed by atoms with Gasteiger partial charge in [0.1, 0.15) is 0 Å². The molecule has 0 spiro atoms. The molecule has 0 fully saturated rings. The summed E-state index contributed by atoms with van der Waals surface area (Å²) in [6.07, 6.45) is 0. The lowest BCUT2D eigenvalue weighted by Crippen LogP contribution is -2.51. The number of likely N-dealkylation sites (N-methyl/N-ethyl adjacent to an activating group) is 1. The summed E-state index contributed by atoms with van der Waals surface area (Å²) in [5.74, 6) is 0.210. The van der Waals surface area contributed by atoms with E-state index in [0.29, 0.717) is 13.1 Å². The van der Waals surface area contributed by atoms with Crippen molar-refractivity contribution in [3.8, 4) is 0 Å². The number of hydrogen-bond acceptors (Lipinski definition) is 4. The van der Waals surface area contributed by atoms with Crippen LogP contribution in [0.25, 0.3) is 0 Å². The van der Waals surface area contributed by atoms with Gasteiger partial charge in [-0.3, -0.25) is 4.90 Å². The van der Waals surface area contributed by atoms with Gasteiger partial charge in [0.15, 0.2) is 9.84 Å². The van der Waals surface area contributed by atoms with E-state index >= 15 is 0 Å². The molecular weight excluding hydrogens is 224 g/mol. The van der Waals surface area contributed by atoms with Crippen molar-refractivity contribution in [1.29, 1.82) is 0 Å². The average Bonchev–Trinajstić information content (AvgIpc) is 2.18. The summed E-state index contributed by atoms with van der Waals surface area (Å²) in [4.78, 5) is 2.12. The van der Waals surface area contributed by atoms with Crippen molar-refractivity contribution in [2.75, 3.05) is 25.4 Å². The summed E-state index contributed by atoms with van der Waals surface area (Å²) in [5, 5.41) is -0.299. The average molecular weight is 250 g/mol. The quantitative estimate of drug-likeness (QED) is 0.728. The molecular formula is C11H26N2O2S. The fraction of sp³-hybridized carbons (Fsp3) is 1.00. The zero-order valence-electron chi connectivity index (χ0n) is 11.2. The molecule has 0 aliphatic carbocycles. The molecule has 16 heavy (non-hydrogen) atoms. The second kappa shape index (κ2) is 5.98. The molecule has 0 radical (unpaired) electrons. The minimum absolute atomic E-state index is 0.138. The zero-order valence-corrected chi connectivity index (χ0v) is 12.0. The van der Waals surface area contributed by atoms with E-state index < -0.39 is 9.84 Å². The Balaban J connectivity index is 4.49. The smallest absolute Gasteiger partial charge is 0.153 e. The van der Waals surface area contributed by atoms with Gasteiger partial charge in [-0.1, -0.05) is 6.92 Å². The summed E-state index contributed by atoms with van der Waals surface area (Å²) in [6, 6.07) is 0. The van der Waals surface area contributed by atoms with Gasteiger partial charge in [-0.2, -0.15) is 0 Å². The highest BCUT2D eigenvalue weighted by Crippen LogP contribution is 2.13. The number of rotatable bonds is 7. The zero-order chi connectivity index (χ0) is 13.0. The van der Waals surface area contributed by atoms with Gasteiger partial charge >= 0.3 is 0 Å². The van der Waals surface area contributed by atoms with Gasteiger partial charge in [-0.25, -0.2) is 8.42 Å². The van der Waals surface area contributed by atoms with E-state index in [1.807, 2.05) is 20.8 Å². The highest BCUT2D eigenvalue weighted by atomic mass is 32.2. The summed E-state index contributed by atoms with van der Waals surface area (Å²) < 4.78 is 23.4. The van der Waals surface area contributed by atoms with Crippen molar-refractivity contribution in [2.45, 2.75) is 45.4 Å². The van der Waals surface area contributed by atoms with Crippen LogP contribution in [0, 0.1) is 0 Å². The Labute approximate surface area is 100 Å². The molecule has 0 aliphatic rings. The van der Waals surface area contributed by atoms with Crippen LogP contribution >= 0.6 is 0 Å². The van der Waals surface area contributed by atoms with Gasteiger partial charge in [-0.05, 0) is 34.2 Å². The Morgan fingerprint density at radius 3 is 2.12 bits per heavy atom. The monoisotopic (exact) mass is 250 g/mol. The number of sulfone groups is 1. The Bertz CT molecular complexity index is 297. The summed E-state index contributed by atoms with van der Waals surface area (Å²) >= 11 is 0. The van der Waals surface area contributed by atoms with E-state index in [2.05, 4.69) is 4.90 Å². The molecule has 4 nitrogen and oxygen atoms in total. The first-order valence-electron chi connectivity index (χ1n) is 5.84. The van der Waals surface area contributed by atoms with Crippen LogP contribution in [0.5, 0.6) is 0 Å². The van der Waals surface area contributed by atoms with Gasteiger partial charge in [0.05, 0.1) is 11.0 Å². The highest BCUT2D eigenvalue weighted by molar-refractivity contribution is 7.92. The molecule has 98 valence electrons. The molecule has 0 aromatic heterocycles. The standard InChI is InChI=1S/C11H26N2O2S/c1-6-13(11(4,5)9-12)7-8-16(14,15)10(2)3/h10H,6-9,12H2,1-5H3. The maximum absolute atomic E-state index is 11.7. The van der Waals surface area contributed by atoms with E-state index in [1.165, 1.54) is 0 Å². The van der Waals surface area contributed by atoms with Gasteiger partial charge < -0.3 is 5.73 Å². The minimum Gasteiger partial charge on any atom is -0.329 e. The van der Waals surface area contributed by atoms with Crippen LogP contribution in [-0.4, -0.2) is 49.5 Å². The second-order valence-electron chi connectivity index (χ2n) is 5.01. The molecule has 0 aromatic rings. The van der Waals surface area contributed by atoms with Crippen molar-refractivity contribution in [3.05, 3.63) is 0 Å².